The van der Waals surface area contributed by atoms with Gasteiger partial charge in [0.2, 0.25) is 0 Å². The van der Waals surface area contributed by atoms with Crippen molar-refractivity contribution in [2.24, 2.45) is 5.73 Å². The van der Waals surface area contributed by atoms with Crippen LogP contribution in [-0.2, 0) is 9.53 Å². The predicted molar refractivity (Wildman–Crippen MR) is 109 cm³/mol. The van der Waals surface area contributed by atoms with Crippen molar-refractivity contribution < 1.29 is 18.7 Å². The summed E-state index contributed by atoms with van der Waals surface area (Å²) in [5.74, 6) is -1.41. The lowest BCUT2D eigenvalue weighted by Gasteiger charge is -2.15. The predicted octanol–water partition coefficient (Wildman–Crippen LogP) is 2.76. The molecule has 2 amide bonds. The average molecular weight is 431 g/mol. The third-order valence-corrected chi connectivity index (χ3v) is 4.05. The van der Waals surface area contributed by atoms with Crippen LogP contribution < -0.4 is 16.4 Å². The van der Waals surface area contributed by atoms with Crippen molar-refractivity contribution in [3.05, 3.63) is 54.1 Å². The number of carbonyl (C=O) groups is 2. The highest BCUT2D eigenvalue weighted by molar-refractivity contribution is 6.06. The van der Waals surface area contributed by atoms with Gasteiger partial charge in [-0.2, -0.15) is 0 Å². The number of benzene rings is 1. The highest BCUT2D eigenvalue weighted by Gasteiger charge is 2.30. The van der Waals surface area contributed by atoms with E-state index < -0.39 is 23.7 Å². The number of hydrogen-bond acceptors (Lipinski definition) is 5. The molecule has 4 N–H and O–H groups in total. The highest BCUT2D eigenvalue weighted by atomic mass is 35.5. The Morgan fingerprint density at radius 3 is 2.57 bits per heavy atom. The number of halogens is 3. The van der Waals surface area contributed by atoms with Crippen LogP contribution in [0, 0.1) is 5.82 Å². The summed E-state index contributed by atoms with van der Waals surface area (Å²) in [7, 11) is 0. The summed E-state index contributed by atoms with van der Waals surface area (Å²) in [6.07, 6.45) is 1.93. The molecule has 1 saturated heterocycles. The number of anilines is 2. The Morgan fingerprint density at radius 1 is 1.14 bits per heavy atom. The molecule has 0 bridgehead atoms. The second-order valence-electron chi connectivity index (χ2n) is 5.91. The second-order valence-corrected chi connectivity index (χ2v) is 5.91. The van der Waals surface area contributed by atoms with Crippen LogP contribution >= 0.6 is 24.8 Å². The molecule has 28 heavy (non-hydrogen) atoms. The van der Waals surface area contributed by atoms with E-state index in [0.717, 1.165) is 6.07 Å². The minimum absolute atomic E-state index is 0. The van der Waals surface area contributed by atoms with Crippen LogP contribution in [0.5, 0.6) is 0 Å². The number of hydrogen-bond donors (Lipinski definition) is 3. The molecule has 1 aromatic heterocycles. The number of nitrogens with zero attached hydrogens (tertiary/aromatic N) is 1. The second kappa shape index (κ2) is 10.9. The minimum Gasteiger partial charge on any atom is -0.364 e. The fraction of sp³-hybridized carbons (Fsp3) is 0.278. The lowest BCUT2D eigenvalue weighted by atomic mass is 10.1. The van der Waals surface area contributed by atoms with Gasteiger partial charge in [0.05, 0.1) is 17.5 Å². The first-order valence-corrected chi connectivity index (χ1v) is 8.25. The molecule has 152 valence electrons. The van der Waals surface area contributed by atoms with Crippen LogP contribution in [-0.4, -0.2) is 35.6 Å². The summed E-state index contributed by atoms with van der Waals surface area (Å²) < 4.78 is 19.2. The Morgan fingerprint density at radius 2 is 1.93 bits per heavy atom. The molecule has 1 aromatic carbocycles. The number of nitrogens with one attached hydrogen (secondary N) is 2. The number of ether oxygens (including phenoxy) is 1. The summed E-state index contributed by atoms with van der Waals surface area (Å²) >= 11 is 0. The Balaban J connectivity index is 0.00000196. The SMILES string of the molecule is Cl.Cl.NC[C@H]1CC[C@@H](C(=O)Nc2cc(F)ccc2NC(=O)c2ccccn2)O1. The Kier molecular flexibility index (Phi) is 9.27. The summed E-state index contributed by atoms with van der Waals surface area (Å²) in [6.45, 7) is 0.342. The summed E-state index contributed by atoms with van der Waals surface area (Å²) in [5, 5.41) is 5.24. The number of rotatable bonds is 5. The smallest absolute Gasteiger partial charge is 0.274 e. The number of aromatic nitrogens is 1. The van der Waals surface area contributed by atoms with E-state index in [1.54, 1.807) is 18.2 Å². The molecule has 3 rings (SSSR count). The van der Waals surface area contributed by atoms with Gasteiger partial charge in [0.1, 0.15) is 17.6 Å². The van der Waals surface area contributed by atoms with E-state index in [1.807, 2.05) is 0 Å². The van der Waals surface area contributed by atoms with Crippen molar-refractivity contribution >= 4 is 48.0 Å². The van der Waals surface area contributed by atoms with Gasteiger partial charge in [0, 0.05) is 12.7 Å². The maximum atomic E-state index is 13.6. The molecule has 0 saturated carbocycles. The number of carbonyl (C=O) groups excluding carboxylic acids is 2. The third kappa shape index (κ3) is 5.87. The van der Waals surface area contributed by atoms with Gasteiger partial charge < -0.3 is 21.1 Å². The molecular weight excluding hydrogens is 410 g/mol. The van der Waals surface area contributed by atoms with Gasteiger partial charge in [0.15, 0.2) is 0 Å². The van der Waals surface area contributed by atoms with E-state index >= 15 is 0 Å². The molecule has 1 aliphatic heterocycles. The van der Waals surface area contributed by atoms with Crippen LogP contribution in [0.3, 0.4) is 0 Å². The van der Waals surface area contributed by atoms with Gasteiger partial charge in [-0.05, 0) is 43.2 Å². The molecular formula is C18H21Cl2FN4O3. The lowest BCUT2D eigenvalue weighted by Crippen LogP contribution is -2.30. The number of pyridine rings is 1. The normalized spacial score (nSPS) is 17.8. The fourth-order valence-corrected chi connectivity index (χ4v) is 2.70. The van der Waals surface area contributed by atoms with E-state index in [9.17, 15) is 14.0 Å². The quantitative estimate of drug-likeness (QED) is 0.675. The van der Waals surface area contributed by atoms with Gasteiger partial charge in [-0.25, -0.2) is 4.39 Å². The zero-order valence-electron chi connectivity index (χ0n) is 14.8. The van der Waals surface area contributed by atoms with Crippen LogP contribution in [0.25, 0.3) is 0 Å². The first-order chi connectivity index (χ1) is 12.6. The first-order valence-electron chi connectivity index (χ1n) is 8.25. The fourth-order valence-electron chi connectivity index (χ4n) is 2.70. The average Bonchev–Trinajstić information content (AvgIpc) is 3.14. The van der Waals surface area contributed by atoms with Gasteiger partial charge in [-0.1, -0.05) is 6.07 Å². The zero-order valence-corrected chi connectivity index (χ0v) is 16.4. The molecule has 0 aliphatic carbocycles. The standard InChI is InChI=1S/C18H19FN4O3.2ClH/c19-11-4-6-13(22-17(24)14-3-1-2-8-21-14)15(9-11)23-18(25)16-7-5-12(10-20)26-16;;/h1-4,6,8-9,12,16H,5,7,10,20H2,(H,22,24)(H,23,25);2*1H/t12-,16+;;/m1../s1. The maximum absolute atomic E-state index is 13.6. The largest absolute Gasteiger partial charge is 0.364 e. The molecule has 0 radical (unpaired) electrons. The van der Waals surface area contributed by atoms with E-state index in [4.69, 9.17) is 10.5 Å². The van der Waals surface area contributed by atoms with E-state index in [2.05, 4.69) is 15.6 Å². The van der Waals surface area contributed by atoms with Crippen LogP contribution in [0.1, 0.15) is 23.3 Å². The Labute approximate surface area is 174 Å². The summed E-state index contributed by atoms with van der Waals surface area (Å²) in [4.78, 5) is 28.6. The topological polar surface area (TPSA) is 106 Å². The molecule has 2 heterocycles. The van der Waals surface area contributed by atoms with Crippen LogP contribution in [0.2, 0.25) is 0 Å². The lowest BCUT2D eigenvalue weighted by molar-refractivity contribution is -0.126. The van der Waals surface area contributed by atoms with Crippen LogP contribution in [0.4, 0.5) is 15.8 Å². The zero-order chi connectivity index (χ0) is 18.5. The van der Waals surface area contributed by atoms with Gasteiger partial charge in [-0.3, -0.25) is 14.6 Å². The third-order valence-electron chi connectivity index (χ3n) is 4.05. The van der Waals surface area contributed by atoms with Crippen LogP contribution in [0.15, 0.2) is 42.6 Å². The Bertz CT molecular complexity index is 811. The van der Waals surface area contributed by atoms with Gasteiger partial charge >= 0.3 is 0 Å². The van der Waals surface area contributed by atoms with E-state index in [1.165, 1.54) is 18.3 Å². The van der Waals surface area contributed by atoms with E-state index in [-0.39, 0.29) is 48.0 Å². The molecule has 10 heteroatoms. The van der Waals surface area contributed by atoms with Crippen molar-refractivity contribution in [2.45, 2.75) is 25.0 Å². The Hall–Kier alpha value is -2.26. The van der Waals surface area contributed by atoms with Crippen molar-refractivity contribution in [1.82, 2.24) is 4.98 Å². The maximum Gasteiger partial charge on any atom is 0.274 e. The molecule has 0 spiro atoms. The molecule has 0 unspecified atom stereocenters. The molecule has 1 fully saturated rings. The monoisotopic (exact) mass is 430 g/mol. The minimum atomic E-state index is -0.647. The van der Waals surface area contributed by atoms with Crippen molar-refractivity contribution in [2.75, 3.05) is 17.2 Å². The number of amides is 2. The summed E-state index contributed by atoms with van der Waals surface area (Å²) in [5.41, 5.74) is 6.17. The summed E-state index contributed by atoms with van der Waals surface area (Å²) in [6, 6.07) is 8.64. The van der Waals surface area contributed by atoms with Crippen molar-refractivity contribution in [3.63, 3.8) is 0 Å². The highest BCUT2D eigenvalue weighted by Crippen LogP contribution is 2.26. The van der Waals surface area contributed by atoms with Gasteiger partial charge in [0.25, 0.3) is 11.8 Å². The van der Waals surface area contributed by atoms with Crippen molar-refractivity contribution in [1.29, 1.82) is 0 Å². The number of nitrogens with two attached hydrogens (primary N) is 1. The molecule has 2 aromatic rings. The molecule has 2 atom stereocenters. The first kappa shape index (κ1) is 23.8. The van der Waals surface area contributed by atoms with Gasteiger partial charge in [-0.15, -0.1) is 24.8 Å². The molecule has 7 nitrogen and oxygen atoms in total. The van der Waals surface area contributed by atoms with Crippen molar-refractivity contribution in [3.8, 4) is 0 Å². The molecule has 1 aliphatic rings. The van der Waals surface area contributed by atoms with E-state index in [0.29, 0.717) is 19.4 Å².